The van der Waals surface area contributed by atoms with Crippen molar-refractivity contribution in [2.75, 3.05) is 40.3 Å². The lowest BCUT2D eigenvalue weighted by Crippen LogP contribution is -2.67. The van der Waals surface area contributed by atoms with Gasteiger partial charge < -0.3 is 14.2 Å². The minimum absolute atomic E-state index is 0.0362. The molecule has 0 spiro atoms. The third kappa shape index (κ3) is 4.04. The second-order valence-corrected chi connectivity index (χ2v) is 10.6. The van der Waals surface area contributed by atoms with Crippen molar-refractivity contribution < 1.29 is 14.3 Å². The Hall–Kier alpha value is -3.04. The first-order valence-corrected chi connectivity index (χ1v) is 12.9. The number of thiocarbonyl (C=S) groups is 1. The number of pyridine rings is 1. The Morgan fingerprint density at radius 3 is 2.42 bits per heavy atom. The molecule has 2 amide bonds. The third-order valence-electron chi connectivity index (χ3n) is 7.82. The van der Waals surface area contributed by atoms with Crippen molar-refractivity contribution in [2.24, 2.45) is 11.3 Å². The minimum atomic E-state index is -1.33. The number of carbonyl (C=O) groups is 2. The Kier molecular flexibility index (Phi) is 6.46. The number of nitrogens with zero attached hydrogens (tertiary/aromatic N) is 4. The van der Waals surface area contributed by atoms with E-state index in [1.807, 2.05) is 47.9 Å². The summed E-state index contributed by atoms with van der Waals surface area (Å²) in [6, 6.07) is 13.1. The van der Waals surface area contributed by atoms with E-state index in [0.29, 0.717) is 25.4 Å². The van der Waals surface area contributed by atoms with E-state index in [2.05, 4.69) is 4.90 Å². The monoisotopic (exact) mass is 508 g/mol. The molecule has 0 radical (unpaired) electrons. The first-order chi connectivity index (χ1) is 17.2. The average Bonchev–Trinajstić information content (AvgIpc) is 2.87. The molecule has 1 unspecified atom stereocenters. The summed E-state index contributed by atoms with van der Waals surface area (Å²) in [4.78, 5) is 45.4. The first kappa shape index (κ1) is 24.6. The molecule has 2 aromatic rings. The molecule has 0 aliphatic carbocycles. The van der Waals surface area contributed by atoms with E-state index in [1.165, 1.54) is 9.80 Å². The largest absolute Gasteiger partial charge is 0.494 e. The summed E-state index contributed by atoms with van der Waals surface area (Å²) >= 11 is 5.40. The van der Waals surface area contributed by atoms with Gasteiger partial charge in [-0.05, 0) is 49.2 Å². The maximum Gasteiger partial charge on any atom is 0.250 e. The fraction of sp³-hybridized carbons (Fsp3) is 0.481. The number of fused-ring (bicyclic) bond motifs is 4. The van der Waals surface area contributed by atoms with Crippen LogP contribution < -0.4 is 10.3 Å². The van der Waals surface area contributed by atoms with Crippen molar-refractivity contribution in [3.05, 3.63) is 64.1 Å². The topological polar surface area (TPSA) is 75.1 Å². The van der Waals surface area contributed by atoms with Crippen LogP contribution in [0, 0.1) is 11.3 Å². The molecule has 9 heteroatoms. The molecule has 2 fully saturated rings. The molecule has 4 heterocycles. The molecular weight excluding hydrogens is 476 g/mol. The van der Waals surface area contributed by atoms with Crippen molar-refractivity contribution in [3.63, 3.8) is 0 Å². The quantitative estimate of drug-likeness (QED) is 0.440. The zero-order chi connectivity index (χ0) is 25.6. The van der Waals surface area contributed by atoms with E-state index in [1.54, 1.807) is 20.2 Å². The summed E-state index contributed by atoms with van der Waals surface area (Å²) in [5.41, 5.74) is 0.566. The van der Waals surface area contributed by atoms with E-state index < -0.39 is 5.41 Å². The predicted molar refractivity (Wildman–Crippen MR) is 140 cm³/mol. The van der Waals surface area contributed by atoms with E-state index in [9.17, 15) is 14.4 Å². The van der Waals surface area contributed by atoms with Gasteiger partial charge in [-0.15, -0.1) is 0 Å². The van der Waals surface area contributed by atoms with Gasteiger partial charge in [-0.2, -0.15) is 0 Å². The summed E-state index contributed by atoms with van der Waals surface area (Å²) in [6.45, 7) is 4.77. The average molecular weight is 509 g/mol. The maximum atomic E-state index is 13.9. The number of para-hydroxylation sites is 1. The zero-order valence-corrected chi connectivity index (χ0v) is 21.8. The highest BCUT2D eigenvalue weighted by Gasteiger charge is 2.55. The van der Waals surface area contributed by atoms with Gasteiger partial charge in [0, 0.05) is 64.4 Å². The number of aromatic nitrogens is 1. The lowest BCUT2D eigenvalue weighted by Gasteiger charge is -2.48. The molecule has 2 bridgehead atoms. The van der Waals surface area contributed by atoms with Gasteiger partial charge in [0.1, 0.15) is 11.2 Å². The fourth-order valence-electron chi connectivity index (χ4n) is 6.25. The normalized spacial score (nSPS) is 23.6. The maximum absolute atomic E-state index is 13.9. The van der Waals surface area contributed by atoms with Crippen LogP contribution >= 0.6 is 12.2 Å². The van der Waals surface area contributed by atoms with Crippen LogP contribution in [0.2, 0.25) is 0 Å². The Bertz CT molecular complexity index is 1250. The first-order valence-electron chi connectivity index (χ1n) is 12.5. The number of benzene rings is 1. The molecule has 2 saturated heterocycles. The van der Waals surface area contributed by atoms with Crippen LogP contribution in [0.25, 0.3) is 0 Å². The standard InChI is InChI=1S/C27H32N4O4S/c1-4-35-22-10-6-5-8-19(22)13-27(24(33)28(2)26(36)29(3)25(27)34)17-30-14-18-12-20(16-30)21-9-7-11-23(32)31(21)15-18/h5-11,18,20H,4,12-17H2,1-3H3/t18-,20?/m1/s1. The van der Waals surface area contributed by atoms with Crippen molar-refractivity contribution >= 4 is 29.1 Å². The summed E-state index contributed by atoms with van der Waals surface area (Å²) in [6.07, 6.45) is 1.23. The Morgan fingerprint density at radius 2 is 1.69 bits per heavy atom. The zero-order valence-electron chi connectivity index (χ0n) is 21.0. The van der Waals surface area contributed by atoms with Gasteiger partial charge in [0.15, 0.2) is 5.11 Å². The Labute approximate surface area is 216 Å². The van der Waals surface area contributed by atoms with Gasteiger partial charge >= 0.3 is 0 Å². The highest BCUT2D eigenvalue weighted by atomic mass is 32.1. The second-order valence-electron chi connectivity index (χ2n) is 10.2. The van der Waals surface area contributed by atoms with Crippen molar-refractivity contribution in [1.29, 1.82) is 0 Å². The van der Waals surface area contributed by atoms with Gasteiger partial charge in [-0.25, -0.2) is 0 Å². The molecule has 0 saturated carbocycles. The molecule has 2 atom stereocenters. The van der Waals surface area contributed by atoms with Crippen molar-refractivity contribution in [1.82, 2.24) is 19.3 Å². The molecule has 1 aromatic heterocycles. The number of piperidine rings is 1. The van der Waals surface area contributed by atoms with Crippen LogP contribution in [0.4, 0.5) is 0 Å². The predicted octanol–water partition coefficient (Wildman–Crippen LogP) is 2.11. The minimum Gasteiger partial charge on any atom is -0.494 e. The summed E-state index contributed by atoms with van der Waals surface area (Å²) < 4.78 is 7.74. The number of amides is 2. The Balaban J connectivity index is 1.52. The molecule has 36 heavy (non-hydrogen) atoms. The van der Waals surface area contributed by atoms with E-state index in [4.69, 9.17) is 17.0 Å². The Morgan fingerprint density at radius 1 is 0.972 bits per heavy atom. The fourth-order valence-corrected chi connectivity index (χ4v) is 6.42. The number of likely N-dealkylation sites (tertiary alicyclic amines) is 1. The summed E-state index contributed by atoms with van der Waals surface area (Å²) in [7, 11) is 3.29. The molecule has 3 aliphatic heterocycles. The van der Waals surface area contributed by atoms with Gasteiger partial charge in [0.05, 0.1) is 6.61 Å². The van der Waals surface area contributed by atoms with Gasteiger partial charge in [0.2, 0.25) is 11.8 Å². The molecular formula is C27H32N4O4S. The molecule has 3 aliphatic rings. The van der Waals surface area contributed by atoms with Crippen LogP contribution in [-0.4, -0.2) is 76.5 Å². The van der Waals surface area contributed by atoms with E-state index in [-0.39, 0.29) is 47.3 Å². The molecule has 8 nitrogen and oxygen atoms in total. The summed E-state index contributed by atoms with van der Waals surface area (Å²) in [5, 5.41) is 0.211. The van der Waals surface area contributed by atoms with Gasteiger partial charge in [0.25, 0.3) is 5.56 Å². The molecule has 5 rings (SSSR count). The third-order valence-corrected chi connectivity index (χ3v) is 8.36. The lowest BCUT2D eigenvalue weighted by molar-refractivity contribution is -0.157. The lowest BCUT2D eigenvalue weighted by atomic mass is 9.75. The van der Waals surface area contributed by atoms with E-state index >= 15 is 0 Å². The van der Waals surface area contributed by atoms with Crippen molar-refractivity contribution in [3.8, 4) is 5.75 Å². The highest BCUT2D eigenvalue weighted by molar-refractivity contribution is 7.80. The summed E-state index contributed by atoms with van der Waals surface area (Å²) in [5.74, 6) is 0.588. The SMILES string of the molecule is CCOc1ccccc1CC1(CN2CC3C[C@H](C2)Cn2c3cccc2=O)C(=O)N(C)C(=S)N(C)C1=O. The number of rotatable bonds is 6. The van der Waals surface area contributed by atoms with Crippen LogP contribution in [-0.2, 0) is 22.6 Å². The van der Waals surface area contributed by atoms with E-state index in [0.717, 1.165) is 24.2 Å². The van der Waals surface area contributed by atoms with Gasteiger partial charge in [-0.1, -0.05) is 24.3 Å². The molecule has 0 N–H and O–H groups in total. The number of ether oxygens (including phenoxy) is 1. The van der Waals surface area contributed by atoms with Crippen LogP contribution in [0.15, 0.2) is 47.3 Å². The highest BCUT2D eigenvalue weighted by Crippen LogP contribution is 2.40. The molecule has 1 aromatic carbocycles. The van der Waals surface area contributed by atoms with Gasteiger partial charge in [-0.3, -0.25) is 24.2 Å². The second kappa shape index (κ2) is 9.44. The van der Waals surface area contributed by atoms with Crippen LogP contribution in [0.1, 0.15) is 30.5 Å². The van der Waals surface area contributed by atoms with Crippen LogP contribution in [0.5, 0.6) is 5.75 Å². The van der Waals surface area contributed by atoms with Crippen molar-refractivity contribution in [2.45, 2.75) is 32.2 Å². The molecule has 190 valence electrons. The number of hydrogen-bond acceptors (Lipinski definition) is 6. The number of hydrogen-bond donors (Lipinski definition) is 0. The van der Waals surface area contributed by atoms with Crippen LogP contribution in [0.3, 0.4) is 0 Å². The smallest absolute Gasteiger partial charge is 0.250 e. The number of carbonyl (C=O) groups excluding carboxylic acids is 2.